The van der Waals surface area contributed by atoms with Gasteiger partial charge in [0.15, 0.2) is 0 Å². The van der Waals surface area contributed by atoms with Crippen LogP contribution >= 0.6 is 0 Å². The Morgan fingerprint density at radius 1 is 1.04 bits per heavy atom. The lowest BCUT2D eigenvalue weighted by Gasteiger charge is -2.36. The lowest BCUT2D eigenvalue weighted by atomic mass is 9.97. The first-order valence-corrected chi connectivity index (χ1v) is 10.8. The third kappa shape index (κ3) is 6.17. The summed E-state index contributed by atoms with van der Waals surface area (Å²) in [6, 6.07) is 0.0423. The van der Waals surface area contributed by atoms with Crippen LogP contribution in [0.3, 0.4) is 0 Å². The molecular weight excluding hydrogens is 358 g/mol. The molecule has 8 heteroatoms. The molecule has 0 radical (unpaired) electrons. The Labute approximate surface area is 167 Å². The van der Waals surface area contributed by atoms with Crippen molar-refractivity contribution in [3.63, 3.8) is 0 Å². The van der Waals surface area contributed by atoms with Gasteiger partial charge in [-0.3, -0.25) is 19.3 Å². The smallest absolute Gasteiger partial charge is 0.237 e. The van der Waals surface area contributed by atoms with Crippen molar-refractivity contribution >= 4 is 17.7 Å². The minimum atomic E-state index is -0.0342. The van der Waals surface area contributed by atoms with Gasteiger partial charge in [-0.1, -0.05) is 0 Å². The van der Waals surface area contributed by atoms with Crippen molar-refractivity contribution in [2.24, 2.45) is 5.92 Å². The van der Waals surface area contributed by atoms with Gasteiger partial charge >= 0.3 is 0 Å². The van der Waals surface area contributed by atoms with Crippen LogP contribution < -0.4 is 16.0 Å². The molecule has 3 rings (SSSR count). The minimum absolute atomic E-state index is 0.0306. The molecule has 3 atom stereocenters. The SMILES string of the molecule is CC(=O)NC1CCCN(C(=O)CN2CCCC(CNC(=O)C3CCCN3)C2)C1. The Hall–Kier alpha value is -1.67. The van der Waals surface area contributed by atoms with Crippen LogP contribution in [0.2, 0.25) is 0 Å². The average Bonchev–Trinajstić information content (AvgIpc) is 3.21. The highest BCUT2D eigenvalue weighted by Crippen LogP contribution is 2.17. The summed E-state index contributed by atoms with van der Waals surface area (Å²) in [5, 5.41) is 9.26. The summed E-state index contributed by atoms with van der Waals surface area (Å²) < 4.78 is 0. The largest absolute Gasteiger partial charge is 0.354 e. The van der Waals surface area contributed by atoms with Crippen molar-refractivity contribution in [2.45, 2.75) is 57.5 Å². The highest BCUT2D eigenvalue weighted by Gasteiger charge is 2.28. The van der Waals surface area contributed by atoms with E-state index in [4.69, 9.17) is 0 Å². The van der Waals surface area contributed by atoms with Crippen molar-refractivity contribution in [3.05, 3.63) is 0 Å². The first-order chi connectivity index (χ1) is 13.5. The molecule has 28 heavy (non-hydrogen) atoms. The maximum atomic E-state index is 12.7. The molecule has 8 nitrogen and oxygen atoms in total. The monoisotopic (exact) mass is 393 g/mol. The summed E-state index contributed by atoms with van der Waals surface area (Å²) in [5.74, 6) is 0.631. The van der Waals surface area contributed by atoms with Crippen molar-refractivity contribution in [2.75, 3.05) is 45.8 Å². The standard InChI is InChI=1S/C20H35N5O3/c1-15(26)23-17-6-4-10-25(13-17)19(27)14-24-9-3-5-16(12-24)11-22-20(28)18-7-2-8-21-18/h16-18,21H,2-14H2,1H3,(H,22,28)(H,23,26). The van der Waals surface area contributed by atoms with Gasteiger partial charge in [-0.2, -0.15) is 0 Å². The Bertz CT molecular complexity index is 564. The number of hydrogen-bond acceptors (Lipinski definition) is 5. The van der Waals surface area contributed by atoms with Crippen molar-refractivity contribution in [3.8, 4) is 0 Å². The molecule has 0 aromatic heterocycles. The maximum absolute atomic E-state index is 12.7. The molecule has 3 N–H and O–H groups in total. The van der Waals surface area contributed by atoms with Crippen LogP contribution in [0.5, 0.6) is 0 Å². The number of nitrogens with one attached hydrogen (secondary N) is 3. The van der Waals surface area contributed by atoms with Crippen LogP contribution in [0.15, 0.2) is 0 Å². The number of carbonyl (C=O) groups is 3. The Morgan fingerprint density at radius 3 is 2.61 bits per heavy atom. The molecule has 3 saturated heterocycles. The molecule has 0 aromatic carbocycles. The fourth-order valence-electron chi connectivity index (χ4n) is 4.64. The molecule has 3 aliphatic rings. The lowest BCUT2D eigenvalue weighted by Crippen LogP contribution is -2.52. The number of amides is 3. The molecule has 3 unspecified atom stereocenters. The first-order valence-electron chi connectivity index (χ1n) is 10.8. The molecular formula is C20H35N5O3. The van der Waals surface area contributed by atoms with Gasteiger partial charge < -0.3 is 20.9 Å². The van der Waals surface area contributed by atoms with Gasteiger partial charge in [0.1, 0.15) is 0 Å². The number of hydrogen-bond donors (Lipinski definition) is 3. The van der Waals surface area contributed by atoms with Gasteiger partial charge in [0.2, 0.25) is 17.7 Å². The van der Waals surface area contributed by atoms with E-state index in [0.29, 0.717) is 25.6 Å². The maximum Gasteiger partial charge on any atom is 0.237 e. The molecule has 3 amide bonds. The highest BCUT2D eigenvalue weighted by molar-refractivity contribution is 5.82. The van der Waals surface area contributed by atoms with Crippen LogP contribution in [0, 0.1) is 5.92 Å². The predicted octanol–water partition coefficient (Wildman–Crippen LogP) is -0.306. The van der Waals surface area contributed by atoms with Crippen LogP contribution in [-0.4, -0.2) is 85.4 Å². The number of carbonyl (C=O) groups excluding carboxylic acids is 3. The lowest BCUT2D eigenvalue weighted by molar-refractivity contribution is -0.135. The number of likely N-dealkylation sites (tertiary alicyclic amines) is 2. The summed E-state index contributed by atoms with van der Waals surface area (Å²) in [6.07, 6.45) is 6.01. The second kappa shape index (κ2) is 10.2. The van der Waals surface area contributed by atoms with E-state index in [0.717, 1.165) is 64.7 Å². The Morgan fingerprint density at radius 2 is 1.86 bits per heavy atom. The van der Waals surface area contributed by atoms with Crippen LogP contribution in [-0.2, 0) is 14.4 Å². The van der Waals surface area contributed by atoms with E-state index in [2.05, 4.69) is 20.9 Å². The van der Waals surface area contributed by atoms with Gasteiger partial charge in [-0.25, -0.2) is 0 Å². The molecule has 3 heterocycles. The third-order valence-electron chi connectivity index (χ3n) is 6.09. The molecule has 0 bridgehead atoms. The van der Waals surface area contributed by atoms with E-state index in [1.54, 1.807) is 0 Å². The van der Waals surface area contributed by atoms with Crippen molar-refractivity contribution in [1.29, 1.82) is 0 Å². The minimum Gasteiger partial charge on any atom is -0.354 e. The summed E-state index contributed by atoms with van der Waals surface area (Å²) in [4.78, 5) is 40.3. The van der Waals surface area contributed by atoms with Crippen LogP contribution in [0.25, 0.3) is 0 Å². The van der Waals surface area contributed by atoms with Gasteiger partial charge in [-0.05, 0) is 57.5 Å². The summed E-state index contributed by atoms with van der Waals surface area (Å²) in [6.45, 7) is 6.75. The summed E-state index contributed by atoms with van der Waals surface area (Å²) in [7, 11) is 0. The second-order valence-electron chi connectivity index (χ2n) is 8.52. The van der Waals surface area contributed by atoms with E-state index in [-0.39, 0.29) is 29.8 Å². The zero-order valence-corrected chi connectivity index (χ0v) is 17.0. The van der Waals surface area contributed by atoms with E-state index >= 15 is 0 Å². The van der Waals surface area contributed by atoms with Gasteiger partial charge in [0, 0.05) is 39.1 Å². The van der Waals surface area contributed by atoms with E-state index in [1.165, 1.54) is 6.92 Å². The summed E-state index contributed by atoms with van der Waals surface area (Å²) in [5.41, 5.74) is 0. The van der Waals surface area contributed by atoms with Gasteiger partial charge in [-0.15, -0.1) is 0 Å². The van der Waals surface area contributed by atoms with Gasteiger partial charge in [0.05, 0.1) is 12.6 Å². The Kier molecular flexibility index (Phi) is 7.67. The molecule has 3 aliphatic heterocycles. The number of piperidine rings is 2. The average molecular weight is 394 g/mol. The van der Waals surface area contributed by atoms with E-state index in [9.17, 15) is 14.4 Å². The highest BCUT2D eigenvalue weighted by atomic mass is 16.2. The van der Waals surface area contributed by atoms with Crippen LogP contribution in [0.1, 0.15) is 45.4 Å². The zero-order valence-electron chi connectivity index (χ0n) is 17.0. The van der Waals surface area contributed by atoms with E-state index < -0.39 is 0 Å². The Balaban J connectivity index is 1.40. The molecule has 0 spiro atoms. The van der Waals surface area contributed by atoms with Crippen LogP contribution in [0.4, 0.5) is 0 Å². The number of rotatable bonds is 6. The zero-order chi connectivity index (χ0) is 19.9. The fourth-order valence-corrected chi connectivity index (χ4v) is 4.64. The topological polar surface area (TPSA) is 93.8 Å². The molecule has 3 fully saturated rings. The quantitative estimate of drug-likeness (QED) is 0.576. The normalized spacial score (nSPS) is 28.8. The molecule has 0 aliphatic carbocycles. The third-order valence-corrected chi connectivity index (χ3v) is 6.09. The second-order valence-corrected chi connectivity index (χ2v) is 8.52. The predicted molar refractivity (Wildman–Crippen MR) is 107 cm³/mol. The van der Waals surface area contributed by atoms with Crippen molar-refractivity contribution in [1.82, 2.24) is 25.8 Å². The molecule has 0 aromatic rings. The molecule has 158 valence electrons. The van der Waals surface area contributed by atoms with E-state index in [1.807, 2.05) is 4.90 Å². The summed E-state index contributed by atoms with van der Waals surface area (Å²) >= 11 is 0. The molecule has 0 saturated carbocycles. The number of nitrogens with zero attached hydrogens (tertiary/aromatic N) is 2. The van der Waals surface area contributed by atoms with Gasteiger partial charge in [0.25, 0.3) is 0 Å². The van der Waals surface area contributed by atoms with Crippen molar-refractivity contribution < 1.29 is 14.4 Å². The fraction of sp³-hybridized carbons (Fsp3) is 0.850. The first kappa shape index (κ1) is 21.0.